The number of aliphatic hydroxyl groups excluding tert-OH is 2. The lowest BCUT2D eigenvalue weighted by molar-refractivity contribution is 0.188. The first-order valence-electron chi connectivity index (χ1n) is 6.31. The molecule has 7 heteroatoms. The Hall–Kier alpha value is -2.12. The van der Waals surface area contributed by atoms with E-state index in [9.17, 15) is 10.2 Å². The number of hydrogen-bond donors (Lipinski definition) is 3. The van der Waals surface area contributed by atoms with Crippen molar-refractivity contribution in [1.29, 1.82) is 0 Å². The molecule has 0 amide bonds. The minimum atomic E-state index is -0.711. The second-order valence-corrected chi connectivity index (χ2v) is 4.41. The van der Waals surface area contributed by atoms with Crippen molar-refractivity contribution in [2.24, 2.45) is 0 Å². The van der Waals surface area contributed by atoms with Crippen LogP contribution in [0.25, 0.3) is 0 Å². The molecule has 0 radical (unpaired) electrons. The van der Waals surface area contributed by atoms with E-state index in [-0.39, 0.29) is 0 Å². The average molecular weight is 275 g/mol. The van der Waals surface area contributed by atoms with E-state index in [0.717, 1.165) is 5.69 Å². The lowest BCUT2D eigenvalue weighted by Gasteiger charge is -2.09. The van der Waals surface area contributed by atoms with E-state index >= 15 is 0 Å². The summed E-state index contributed by atoms with van der Waals surface area (Å²) in [6.45, 7) is 3.67. The molecule has 0 spiro atoms. The summed E-state index contributed by atoms with van der Waals surface area (Å²) in [6, 6.07) is 3.47. The van der Waals surface area contributed by atoms with E-state index in [1.165, 1.54) is 0 Å². The van der Waals surface area contributed by atoms with Gasteiger partial charge >= 0.3 is 0 Å². The lowest BCUT2D eigenvalue weighted by atomic mass is 10.3. The summed E-state index contributed by atoms with van der Waals surface area (Å²) < 4.78 is 0. The summed E-state index contributed by atoms with van der Waals surface area (Å²) in [7, 11) is 0. The summed E-state index contributed by atoms with van der Waals surface area (Å²) in [6.07, 6.45) is 1.78. The zero-order chi connectivity index (χ0) is 14.5. The second-order valence-electron chi connectivity index (χ2n) is 4.41. The highest BCUT2D eigenvalue weighted by atomic mass is 16.3. The quantitative estimate of drug-likeness (QED) is 0.747. The smallest absolute Gasteiger partial charge is 0.158 e. The molecule has 2 atom stereocenters. The van der Waals surface area contributed by atoms with Gasteiger partial charge in [0, 0.05) is 12.4 Å². The molecule has 0 saturated carbocycles. The molecule has 20 heavy (non-hydrogen) atoms. The fourth-order valence-electron chi connectivity index (χ4n) is 1.57. The number of nitrogens with zero attached hydrogens (tertiary/aromatic N) is 4. The standard InChI is InChI=1S/C13H17N5O2/c1-8(19)12-14-5-3-10(17-12)7-16-11-4-6-15-13(18-11)9(2)20/h3-6,8-9,19-20H,7H2,1-2H3,(H,15,16,18). The summed E-state index contributed by atoms with van der Waals surface area (Å²) >= 11 is 0. The van der Waals surface area contributed by atoms with Crippen LogP contribution in [0.2, 0.25) is 0 Å². The Balaban J connectivity index is 2.05. The van der Waals surface area contributed by atoms with Gasteiger partial charge in [-0.25, -0.2) is 19.9 Å². The van der Waals surface area contributed by atoms with Gasteiger partial charge in [0.2, 0.25) is 0 Å². The predicted molar refractivity (Wildman–Crippen MR) is 72.7 cm³/mol. The van der Waals surface area contributed by atoms with E-state index in [1.54, 1.807) is 38.4 Å². The van der Waals surface area contributed by atoms with Crippen LogP contribution in [0.1, 0.15) is 43.4 Å². The molecule has 0 aliphatic rings. The maximum atomic E-state index is 9.44. The van der Waals surface area contributed by atoms with Gasteiger partial charge in [0.05, 0.1) is 12.2 Å². The van der Waals surface area contributed by atoms with E-state index in [0.29, 0.717) is 24.0 Å². The van der Waals surface area contributed by atoms with Crippen molar-refractivity contribution in [1.82, 2.24) is 19.9 Å². The Bertz CT molecular complexity index is 523. The summed E-state index contributed by atoms with van der Waals surface area (Å²) in [4.78, 5) is 16.4. The van der Waals surface area contributed by atoms with E-state index in [2.05, 4.69) is 25.3 Å². The Labute approximate surface area is 116 Å². The third-order valence-electron chi connectivity index (χ3n) is 2.60. The van der Waals surface area contributed by atoms with Crippen LogP contribution >= 0.6 is 0 Å². The van der Waals surface area contributed by atoms with E-state index in [1.807, 2.05) is 0 Å². The molecule has 0 aliphatic carbocycles. The minimum absolute atomic E-state index is 0.363. The van der Waals surface area contributed by atoms with Crippen LogP contribution in [0.15, 0.2) is 24.5 Å². The molecule has 2 unspecified atom stereocenters. The highest BCUT2D eigenvalue weighted by Crippen LogP contribution is 2.11. The normalized spacial score (nSPS) is 13.8. The molecule has 2 aromatic rings. The highest BCUT2D eigenvalue weighted by molar-refractivity contribution is 5.33. The third kappa shape index (κ3) is 3.69. The highest BCUT2D eigenvalue weighted by Gasteiger charge is 2.07. The minimum Gasteiger partial charge on any atom is -0.385 e. The van der Waals surface area contributed by atoms with Crippen molar-refractivity contribution in [3.8, 4) is 0 Å². The fourth-order valence-corrected chi connectivity index (χ4v) is 1.57. The van der Waals surface area contributed by atoms with Crippen molar-refractivity contribution in [3.05, 3.63) is 41.9 Å². The van der Waals surface area contributed by atoms with Crippen molar-refractivity contribution < 1.29 is 10.2 Å². The molecule has 0 saturated heterocycles. The summed E-state index contributed by atoms with van der Waals surface area (Å²) in [5, 5.41) is 22.0. The molecule has 7 nitrogen and oxygen atoms in total. The third-order valence-corrected chi connectivity index (χ3v) is 2.60. The van der Waals surface area contributed by atoms with Gasteiger partial charge in [0.25, 0.3) is 0 Å². The first-order chi connectivity index (χ1) is 9.56. The molecule has 106 valence electrons. The van der Waals surface area contributed by atoms with Gasteiger partial charge in [-0.05, 0) is 26.0 Å². The van der Waals surface area contributed by atoms with Crippen molar-refractivity contribution in [2.75, 3.05) is 5.32 Å². The zero-order valence-electron chi connectivity index (χ0n) is 11.4. The molecule has 2 heterocycles. The molecule has 0 bridgehead atoms. The maximum Gasteiger partial charge on any atom is 0.158 e. The van der Waals surface area contributed by atoms with Crippen LogP contribution in [-0.4, -0.2) is 30.1 Å². The van der Waals surface area contributed by atoms with Gasteiger partial charge in [-0.3, -0.25) is 0 Å². The van der Waals surface area contributed by atoms with Crippen LogP contribution < -0.4 is 5.32 Å². The largest absolute Gasteiger partial charge is 0.385 e. The summed E-state index contributed by atoms with van der Waals surface area (Å²) in [5.41, 5.74) is 0.744. The van der Waals surface area contributed by atoms with Gasteiger partial charge in [0.1, 0.15) is 18.0 Å². The van der Waals surface area contributed by atoms with Crippen molar-refractivity contribution in [2.45, 2.75) is 32.6 Å². The van der Waals surface area contributed by atoms with E-state index in [4.69, 9.17) is 0 Å². The Morgan fingerprint density at radius 3 is 2.25 bits per heavy atom. The van der Waals surface area contributed by atoms with Crippen LogP contribution in [0.4, 0.5) is 5.82 Å². The maximum absolute atomic E-state index is 9.44. The second kappa shape index (κ2) is 6.36. The summed E-state index contributed by atoms with van der Waals surface area (Å²) in [5.74, 6) is 1.35. The first-order valence-corrected chi connectivity index (χ1v) is 6.31. The zero-order valence-corrected chi connectivity index (χ0v) is 11.4. The van der Waals surface area contributed by atoms with Crippen LogP contribution in [0, 0.1) is 0 Å². The predicted octanol–water partition coefficient (Wildman–Crippen LogP) is 0.985. The molecule has 2 rings (SSSR count). The number of aromatic nitrogens is 4. The Morgan fingerprint density at radius 2 is 1.60 bits per heavy atom. The molecule has 3 N–H and O–H groups in total. The van der Waals surface area contributed by atoms with Gasteiger partial charge in [-0.2, -0.15) is 0 Å². The molecule has 2 aromatic heterocycles. The molecular formula is C13H17N5O2. The number of hydrogen-bond acceptors (Lipinski definition) is 7. The van der Waals surface area contributed by atoms with Gasteiger partial charge in [0.15, 0.2) is 11.6 Å². The van der Waals surface area contributed by atoms with Crippen LogP contribution in [0.5, 0.6) is 0 Å². The van der Waals surface area contributed by atoms with Crippen molar-refractivity contribution >= 4 is 5.82 Å². The monoisotopic (exact) mass is 275 g/mol. The first kappa shape index (κ1) is 14.3. The number of anilines is 1. The van der Waals surface area contributed by atoms with Crippen molar-refractivity contribution in [3.63, 3.8) is 0 Å². The molecule has 0 aromatic carbocycles. The number of aliphatic hydroxyl groups is 2. The van der Waals surface area contributed by atoms with E-state index < -0.39 is 12.2 Å². The number of nitrogens with one attached hydrogen (secondary N) is 1. The molecule has 0 fully saturated rings. The van der Waals surface area contributed by atoms with Gasteiger partial charge in [-0.15, -0.1) is 0 Å². The van der Waals surface area contributed by atoms with Crippen LogP contribution in [0.3, 0.4) is 0 Å². The fraction of sp³-hybridized carbons (Fsp3) is 0.385. The SMILES string of the molecule is CC(O)c1nccc(CNc2ccnc(C(C)O)n2)n1. The average Bonchev–Trinajstić information content (AvgIpc) is 2.45. The molecular weight excluding hydrogens is 258 g/mol. The van der Waals surface area contributed by atoms with Gasteiger partial charge < -0.3 is 15.5 Å². The number of rotatable bonds is 5. The Morgan fingerprint density at radius 1 is 1.00 bits per heavy atom. The van der Waals surface area contributed by atoms with Crippen LogP contribution in [-0.2, 0) is 6.54 Å². The molecule has 0 aliphatic heterocycles. The lowest BCUT2D eigenvalue weighted by Crippen LogP contribution is -2.09. The topological polar surface area (TPSA) is 104 Å². The van der Waals surface area contributed by atoms with Gasteiger partial charge in [-0.1, -0.05) is 0 Å². The Kier molecular flexibility index (Phi) is 4.54.